The number of H-pyrrole nitrogens is 1. The number of nitrogens with one attached hydrogen (secondary N) is 8. The van der Waals surface area contributed by atoms with E-state index in [1.807, 2.05) is 0 Å². The largest absolute Gasteiger partial charge is 0.610 e. The van der Waals surface area contributed by atoms with Crippen LogP contribution in [0.5, 0.6) is 5.75 Å². The van der Waals surface area contributed by atoms with Crippen LogP contribution in [0.2, 0.25) is 0 Å². The molecule has 7 rings (SSSR count). The number of unbranched alkanes of at least 4 members (excludes halogenated alkanes) is 3. The fraction of sp³-hybridized carbons (Fsp3) is 0.630. The first-order valence-electron chi connectivity index (χ1n) is 24.2. The molecular formula is C46H67N11O14S. The van der Waals surface area contributed by atoms with Gasteiger partial charge >= 0.3 is 0 Å². The molecule has 5 aliphatic rings. The Kier molecular flexibility index (Phi) is 18.4. The molecule has 396 valence electrons. The fourth-order valence-corrected chi connectivity index (χ4v) is 11.2. The number of aliphatic hydroxyl groups excluding tert-OH is 3. The summed E-state index contributed by atoms with van der Waals surface area (Å²) in [5.41, 5.74) is 7.15. The van der Waals surface area contributed by atoms with E-state index in [0.29, 0.717) is 43.9 Å². The Morgan fingerprint density at radius 1 is 0.944 bits per heavy atom. The SMILES string of the molecule is CC[C@H](C)[C@@H]1NC(=O)CNC(=O)C2Cc3c4[nH]c5cc(ccc35)OC(CCCCCCN)(C(=O)[C@H](CC(N)=O)NC(=O)C(C[S+]4[O-])NC(=O)CNC1=O)N1C[C@H](O)C[C@]1(C=O)N[C@@H]([C@@H](C)[C@@H](O)CO)C(=O)N2. The lowest BCUT2D eigenvalue weighted by atomic mass is 9.88. The second kappa shape index (κ2) is 23.9. The number of nitrogens with zero attached hydrogens (tertiary/aromatic N) is 1. The van der Waals surface area contributed by atoms with Crippen LogP contribution in [0.3, 0.4) is 0 Å². The number of carbonyl (C=O) groups excluding carboxylic acids is 9. The maximum Gasteiger partial charge on any atom is 0.248 e. The zero-order valence-electron chi connectivity index (χ0n) is 40.5. The minimum Gasteiger partial charge on any atom is -0.610 e. The second-order valence-corrected chi connectivity index (χ2v) is 20.5. The number of primary amides is 1. The number of aldehydes is 1. The average molecular weight is 1030 g/mol. The number of Topliss-reactive ketones (excluding diaryl/α,β-unsaturated/α-hetero) is 1. The zero-order valence-corrected chi connectivity index (χ0v) is 41.3. The maximum atomic E-state index is 16.0. The van der Waals surface area contributed by atoms with Gasteiger partial charge in [0.05, 0.1) is 49.9 Å². The number of rotatable bonds is 14. The summed E-state index contributed by atoms with van der Waals surface area (Å²) in [5, 5.41) is 51.4. The topological polar surface area (TPSA) is 402 Å². The highest BCUT2D eigenvalue weighted by Crippen LogP contribution is 2.42. The van der Waals surface area contributed by atoms with Gasteiger partial charge in [0.15, 0.2) is 12.3 Å². The van der Waals surface area contributed by atoms with Crippen LogP contribution in [0.4, 0.5) is 0 Å². The summed E-state index contributed by atoms with van der Waals surface area (Å²) in [4.78, 5) is 133. The summed E-state index contributed by atoms with van der Waals surface area (Å²) in [6, 6.07) is -3.96. The highest BCUT2D eigenvalue weighted by Gasteiger charge is 2.62. The number of carbonyl (C=O) groups is 9. The third kappa shape index (κ3) is 12.2. The molecule has 0 spiro atoms. The Morgan fingerprint density at radius 2 is 1.64 bits per heavy atom. The summed E-state index contributed by atoms with van der Waals surface area (Å²) < 4.78 is 21.8. The van der Waals surface area contributed by atoms with Gasteiger partial charge in [-0.05, 0) is 37.4 Å². The summed E-state index contributed by atoms with van der Waals surface area (Å²) in [6.07, 6.45) is -2.90. The standard InChI is InChI=1S/C46H67N11O14S/c1-4-23(2)37-42(68)50-17-35(63)51-32-21-72(70)44-28-14-31(40(66)49-18-36(64)55-37)53-43(69)38(24(3)33(61)20-58)56-45(22-59)16-25(60)19-57(45)46(11-7-5-6-8-12-47,39(65)30(15-34(48)62)52-41(32)67)71-26-9-10-27(28)29(13-26)54-44/h9-10,13,22-25,30-33,37-38,54,56,58,60-61H,4-8,11-12,14-21,47H2,1-3H3,(H2,48,62)(H,49,66)(H,50,68)(H,51,63)(H,52,67)(H,53,69)(H,55,64)/t23-,24-,25+,30-,31?,32?,33-,37-,38-,45-,46?,72?/m0/s1. The van der Waals surface area contributed by atoms with E-state index in [4.69, 9.17) is 16.2 Å². The van der Waals surface area contributed by atoms with Gasteiger partial charge in [0, 0.05) is 59.9 Å². The Hall–Kier alpha value is -5.74. The van der Waals surface area contributed by atoms with Crippen molar-refractivity contribution in [3.05, 3.63) is 23.8 Å². The smallest absolute Gasteiger partial charge is 0.248 e. The average Bonchev–Trinajstić information content (AvgIpc) is 3.89. The van der Waals surface area contributed by atoms with Gasteiger partial charge in [-0.25, -0.2) is 4.90 Å². The van der Waals surface area contributed by atoms with Gasteiger partial charge < -0.3 is 73.0 Å². The van der Waals surface area contributed by atoms with Gasteiger partial charge in [0.2, 0.25) is 57.9 Å². The third-order valence-electron chi connectivity index (χ3n) is 14.0. The number of nitrogens with two attached hydrogens (primary N) is 2. The molecule has 15 N–H and O–H groups in total. The molecule has 1 saturated heterocycles. The second-order valence-electron chi connectivity index (χ2n) is 19.1. The number of hydrogen-bond acceptors (Lipinski definition) is 17. The van der Waals surface area contributed by atoms with Crippen molar-refractivity contribution in [1.29, 1.82) is 0 Å². The molecule has 7 amide bonds. The van der Waals surface area contributed by atoms with Crippen molar-refractivity contribution in [3.8, 4) is 5.75 Å². The number of aromatic nitrogens is 1. The lowest BCUT2D eigenvalue weighted by Crippen LogP contribution is -2.74. The highest BCUT2D eigenvalue weighted by atomic mass is 32.2. The van der Waals surface area contributed by atoms with Gasteiger partial charge in [-0.2, -0.15) is 0 Å². The quantitative estimate of drug-likeness (QED) is 0.0481. The molecular weight excluding hydrogens is 963 g/mol. The first-order chi connectivity index (χ1) is 34.2. The number of aliphatic hydroxyl groups is 3. The van der Waals surface area contributed by atoms with E-state index >= 15 is 9.59 Å². The number of aromatic amines is 1. The van der Waals surface area contributed by atoms with Crippen LogP contribution in [0.15, 0.2) is 23.2 Å². The van der Waals surface area contributed by atoms with Crippen molar-refractivity contribution < 1.29 is 67.8 Å². The lowest BCUT2D eigenvalue weighted by molar-refractivity contribution is -0.176. The molecule has 1 fully saturated rings. The van der Waals surface area contributed by atoms with Crippen LogP contribution in [-0.4, -0.2) is 176 Å². The monoisotopic (exact) mass is 1030 g/mol. The molecule has 8 bridgehead atoms. The van der Waals surface area contributed by atoms with Crippen LogP contribution in [0, 0.1) is 11.8 Å². The molecule has 12 atom stereocenters. The summed E-state index contributed by atoms with van der Waals surface area (Å²) in [5.74, 6) is -10.5. The van der Waals surface area contributed by atoms with E-state index in [1.165, 1.54) is 30.0 Å². The number of fused-ring (bicyclic) bond motifs is 6. The highest BCUT2D eigenvalue weighted by molar-refractivity contribution is 7.91. The van der Waals surface area contributed by atoms with E-state index in [1.54, 1.807) is 13.8 Å². The van der Waals surface area contributed by atoms with Gasteiger partial charge in [0.25, 0.3) is 0 Å². The Bertz CT molecular complexity index is 2390. The molecule has 6 heterocycles. The van der Waals surface area contributed by atoms with E-state index in [2.05, 4.69) is 42.2 Å². The maximum absolute atomic E-state index is 16.0. The van der Waals surface area contributed by atoms with Gasteiger partial charge in [-0.1, -0.05) is 40.0 Å². The molecule has 26 heteroatoms. The summed E-state index contributed by atoms with van der Waals surface area (Å²) in [6.45, 7) is 2.22. The predicted molar refractivity (Wildman–Crippen MR) is 256 cm³/mol. The van der Waals surface area contributed by atoms with Crippen LogP contribution in [-0.2, 0) is 60.7 Å². The lowest BCUT2D eigenvalue weighted by Gasteiger charge is -2.49. The summed E-state index contributed by atoms with van der Waals surface area (Å²) in [7, 11) is 0. The minimum absolute atomic E-state index is 0.0521. The minimum atomic E-state index is -2.48. The number of ketones is 1. The fourth-order valence-electron chi connectivity index (χ4n) is 9.82. The van der Waals surface area contributed by atoms with Crippen LogP contribution in [0.25, 0.3) is 10.9 Å². The Morgan fingerprint density at radius 3 is 2.31 bits per heavy atom. The van der Waals surface area contributed by atoms with Crippen molar-refractivity contribution in [2.45, 2.75) is 137 Å². The number of ether oxygens (including phenoxy) is 1. The molecule has 2 aromatic rings. The summed E-state index contributed by atoms with van der Waals surface area (Å²) >= 11 is -2.34. The molecule has 0 saturated carbocycles. The predicted octanol–water partition coefficient (Wildman–Crippen LogP) is -4.59. The molecule has 25 nitrogen and oxygen atoms in total. The van der Waals surface area contributed by atoms with Gasteiger partial charge in [-0.3, -0.25) is 48.5 Å². The molecule has 72 heavy (non-hydrogen) atoms. The molecule has 0 aliphatic carbocycles. The van der Waals surface area contributed by atoms with E-state index in [9.17, 15) is 53.4 Å². The normalized spacial score (nSPS) is 30.4. The van der Waals surface area contributed by atoms with Crippen molar-refractivity contribution in [2.24, 2.45) is 23.3 Å². The zero-order chi connectivity index (χ0) is 52.7. The number of benzene rings is 1. The van der Waals surface area contributed by atoms with E-state index in [0.717, 1.165) is 0 Å². The van der Waals surface area contributed by atoms with Crippen LogP contribution < -0.4 is 53.4 Å². The Balaban J connectivity index is 1.69. The van der Waals surface area contributed by atoms with E-state index < -0.39 is 175 Å². The molecule has 0 radical (unpaired) electrons. The number of amides is 7. The van der Waals surface area contributed by atoms with Crippen molar-refractivity contribution in [2.75, 3.05) is 38.5 Å². The Labute approximate surface area is 417 Å². The van der Waals surface area contributed by atoms with Crippen molar-refractivity contribution >= 4 is 75.5 Å². The van der Waals surface area contributed by atoms with Crippen LogP contribution in [0.1, 0.15) is 77.7 Å². The number of hydrogen-bond donors (Lipinski definition) is 13. The molecule has 1 aromatic carbocycles. The van der Waals surface area contributed by atoms with E-state index in [-0.39, 0.29) is 34.7 Å². The van der Waals surface area contributed by atoms with Gasteiger partial charge in [0.1, 0.15) is 35.3 Å². The van der Waals surface area contributed by atoms with Gasteiger partial charge in [-0.15, -0.1) is 0 Å². The first-order valence-corrected chi connectivity index (χ1v) is 25.5. The third-order valence-corrected chi connectivity index (χ3v) is 15.4. The van der Waals surface area contributed by atoms with Crippen LogP contribution >= 0.6 is 0 Å². The molecule has 5 aliphatic heterocycles. The van der Waals surface area contributed by atoms with Crippen molar-refractivity contribution in [3.63, 3.8) is 0 Å². The molecule has 1 aromatic heterocycles. The van der Waals surface area contributed by atoms with Crippen molar-refractivity contribution in [1.82, 2.24) is 47.1 Å². The first kappa shape index (κ1) is 55.6. The molecule has 4 unspecified atom stereocenters.